The zero-order valence-electron chi connectivity index (χ0n) is 23.1. The summed E-state index contributed by atoms with van der Waals surface area (Å²) in [4.78, 5) is 40.5. The van der Waals surface area contributed by atoms with E-state index in [9.17, 15) is 42.4 Å². The average molecular weight is 605 g/mol. The van der Waals surface area contributed by atoms with Crippen LogP contribution in [0.3, 0.4) is 0 Å². The van der Waals surface area contributed by atoms with Gasteiger partial charge < -0.3 is 19.9 Å². The Balaban J connectivity index is 2.05. The van der Waals surface area contributed by atoms with Gasteiger partial charge in [0.05, 0.1) is 46.6 Å². The Kier molecular flexibility index (Phi) is 9.44. The Morgan fingerprint density at radius 1 is 1.09 bits per heavy atom. The van der Waals surface area contributed by atoms with Crippen molar-refractivity contribution in [3.8, 4) is 17.7 Å². The first-order valence-electron chi connectivity index (χ1n) is 12.2. The van der Waals surface area contributed by atoms with Crippen LogP contribution in [0.15, 0.2) is 48.5 Å². The van der Waals surface area contributed by atoms with Gasteiger partial charge in [-0.15, -0.1) is 0 Å². The molecule has 3 aromatic rings. The van der Waals surface area contributed by atoms with Gasteiger partial charge in [-0.05, 0) is 57.2 Å². The molecule has 0 radical (unpaired) electrons. The molecule has 0 saturated heterocycles. The third-order valence-corrected chi connectivity index (χ3v) is 5.39. The van der Waals surface area contributed by atoms with E-state index >= 15 is 0 Å². The first-order valence-corrected chi connectivity index (χ1v) is 12.2. The average Bonchev–Trinajstić information content (AvgIpc) is 2.90. The predicted molar refractivity (Wildman–Crippen MR) is 146 cm³/mol. The van der Waals surface area contributed by atoms with Gasteiger partial charge in [-0.25, -0.2) is 18.9 Å². The normalized spacial score (nSPS) is 11.2. The molecule has 0 atom stereocenters. The molecule has 2 aromatic carbocycles. The number of amides is 1. The van der Waals surface area contributed by atoms with Crippen molar-refractivity contribution in [2.24, 2.45) is 0 Å². The molecule has 0 unspecified atom stereocenters. The number of halogens is 4. The highest BCUT2D eigenvalue weighted by Gasteiger charge is 2.32. The molecule has 0 fully saturated rings. The molecule has 0 spiro atoms. The first kappa shape index (κ1) is 32.1. The Bertz CT molecular complexity index is 1630. The summed E-state index contributed by atoms with van der Waals surface area (Å²) in [5.74, 6) is 2.29. The van der Waals surface area contributed by atoms with E-state index in [1.807, 2.05) is 0 Å². The number of pyridine rings is 1. The minimum Gasteiger partial charge on any atom is -0.481 e. The molecule has 1 amide bonds. The van der Waals surface area contributed by atoms with Crippen LogP contribution in [0, 0.1) is 27.8 Å². The number of nitro groups is 1. The predicted octanol–water partition coefficient (Wildman–Crippen LogP) is 6.39. The van der Waals surface area contributed by atoms with Crippen LogP contribution in [-0.4, -0.2) is 46.3 Å². The molecule has 1 aromatic heterocycles. The summed E-state index contributed by atoms with van der Waals surface area (Å²) in [7, 11) is 1.26. The Labute approximate surface area is 242 Å². The van der Waals surface area contributed by atoms with Crippen molar-refractivity contribution in [2.45, 2.75) is 32.5 Å². The van der Waals surface area contributed by atoms with Crippen LogP contribution in [0.2, 0.25) is 0 Å². The summed E-state index contributed by atoms with van der Waals surface area (Å²) in [6, 6.07) is 7.48. The molecule has 0 bridgehead atoms. The molecule has 0 aliphatic heterocycles. The van der Waals surface area contributed by atoms with Crippen molar-refractivity contribution in [1.82, 2.24) is 4.98 Å². The number of rotatable bonds is 7. The first-order chi connectivity index (χ1) is 20.0. The van der Waals surface area contributed by atoms with Crippen molar-refractivity contribution < 1.29 is 46.7 Å². The summed E-state index contributed by atoms with van der Waals surface area (Å²) in [5, 5.41) is 23.8. The van der Waals surface area contributed by atoms with E-state index in [-0.39, 0.29) is 22.8 Å². The number of hydrogen-bond donors (Lipinski definition) is 2. The van der Waals surface area contributed by atoms with Crippen molar-refractivity contribution in [1.29, 1.82) is 0 Å². The Morgan fingerprint density at radius 2 is 1.77 bits per heavy atom. The number of carbonyl (C=O) groups excluding carboxylic acids is 1. The molecule has 0 saturated carbocycles. The van der Waals surface area contributed by atoms with Crippen molar-refractivity contribution in [2.75, 3.05) is 23.9 Å². The summed E-state index contributed by atoms with van der Waals surface area (Å²) in [6.45, 7) is 4.16. The summed E-state index contributed by atoms with van der Waals surface area (Å²) in [5.41, 5.74) is -3.76. The molecule has 15 heteroatoms. The number of aromatic nitrogens is 1. The largest absolute Gasteiger partial charge is 0.481 e. The van der Waals surface area contributed by atoms with Gasteiger partial charge in [-0.2, -0.15) is 18.2 Å². The number of alkyl halides is 3. The fourth-order valence-corrected chi connectivity index (χ4v) is 3.52. The van der Waals surface area contributed by atoms with Crippen LogP contribution >= 0.6 is 0 Å². The lowest BCUT2D eigenvalue weighted by Crippen LogP contribution is -2.38. The molecule has 43 heavy (non-hydrogen) atoms. The van der Waals surface area contributed by atoms with Gasteiger partial charge >= 0.3 is 23.9 Å². The highest BCUT2D eigenvalue weighted by Crippen LogP contribution is 2.34. The Hall–Kier alpha value is -5.39. The topological polar surface area (TPSA) is 144 Å². The number of carboxylic acids is 1. The molecule has 0 aliphatic carbocycles. The molecule has 1 heterocycles. The minimum absolute atomic E-state index is 0.0189. The molecule has 0 aliphatic rings. The fraction of sp³-hybridized carbons (Fsp3) is 0.250. The number of benzene rings is 2. The highest BCUT2D eigenvalue weighted by molar-refractivity contribution is 5.96. The third-order valence-electron chi connectivity index (χ3n) is 5.39. The van der Waals surface area contributed by atoms with E-state index in [0.717, 1.165) is 29.2 Å². The molecule has 226 valence electrons. The molecule has 3 rings (SSSR count). The number of hydrogen-bond acceptors (Lipinski definition) is 8. The van der Waals surface area contributed by atoms with Crippen LogP contribution in [-0.2, 0) is 10.9 Å². The summed E-state index contributed by atoms with van der Waals surface area (Å²) < 4.78 is 63.9. The minimum atomic E-state index is -4.79. The van der Waals surface area contributed by atoms with Crippen LogP contribution in [0.4, 0.5) is 45.2 Å². The third kappa shape index (κ3) is 8.32. The zero-order valence-corrected chi connectivity index (χ0v) is 23.1. The Morgan fingerprint density at radius 3 is 2.35 bits per heavy atom. The van der Waals surface area contributed by atoms with E-state index in [2.05, 4.69) is 22.1 Å². The number of aromatic carboxylic acids is 1. The number of carbonyl (C=O) groups is 2. The quantitative estimate of drug-likeness (QED) is 0.136. The lowest BCUT2D eigenvalue weighted by molar-refractivity contribution is -0.384. The monoisotopic (exact) mass is 604 g/mol. The van der Waals surface area contributed by atoms with Crippen LogP contribution in [0.25, 0.3) is 0 Å². The molecular formula is C28H24F4N4O7. The number of ether oxygens (including phenoxy) is 2. The maximum atomic E-state index is 14.2. The fourth-order valence-electron chi connectivity index (χ4n) is 3.52. The smallest absolute Gasteiger partial charge is 0.417 e. The van der Waals surface area contributed by atoms with E-state index in [0.29, 0.717) is 12.1 Å². The second-order valence-corrected chi connectivity index (χ2v) is 9.70. The van der Waals surface area contributed by atoms with E-state index in [1.165, 1.54) is 19.2 Å². The van der Waals surface area contributed by atoms with Gasteiger partial charge in [-0.1, -0.05) is 11.8 Å². The maximum Gasteiger partial charge on any atom is 0.417 e. The van der Waals surface area contributed by atoms with Crippen molar-refractivity contribution >= 4 is 34.9 Å². The highest BCUT2D eigenvalue weighted by atomic mass is 19.4. The lowest BCUT2D eigenvalue weighted by atomic mass is 10.1. The number of carboxylic acid groups (broad SMARTS) is 1. The molecular weight excluding hydrogens is 580 g/mol. The van der Waals surface area contributed by atoms with E-state index < -0.39 is 63.8 Å². The number of nitrogens with zero attached hydrogens (tertiary/aromatic N) is 3. The van der Waals surface area contributed by atoms with Gasteiger partial charge in [0.15, 0.2) is 0 Å². The van der Waals surface area contributed by atoms with Crippen LogP contribution in [0.1, 0.15) is 42.3 Å². The maximum absolute atomic E-state index is 14.2. The van der Waals surface area contributed by atoms with Crippen LogP contribution in [0.5, 0.6) is 5.88 Å². The SMILES string of the molecule is COc1ccc([N+](=O)[O-])c(N(CC#Cc2cc(F)ccc2Nc2ccc(C(F)(F)F)cc2C(=O)O)C(=O)OC(C)(C)C)n1. The second-order valence-electron chi connectivity index (χ2n) is 9.70. The van der Waals surface area contributed by atoms with Gasteiger partial charge in [0.2, 0.25) is 11.7 Å². The zero-order chi connectivity index (χ0) is 32.1. The molecule has 2 N–H and O–H groups in total. The van der Waals surface area contributed by atoms with E-state index in [4.69, 9.17) is 9.47 Å². The van der Waals surface area contributed by atoms with Gasteiger partial charge in [0.1, 0.15) is 11.4 Å². The summed E-state index contributed by atoms with van der Waals surface area (Å²) >= 11 is 0. The summed E-state index contributed by atoms with van der Waals surface area (Å²) in [6.07, 6.45) is -5.83. The van der Waals surface area contributed by atoms with Crippen LogP contribution < -0.4 is 15.0 Å². The van der Waals surface area contributed by atoms with E-state index in [1.54, 1.807) is 20.8 Å². The lowest BCUT2D eigenvalue weighted by Gasteiger charge is -2.25. The van der Waals surface area contributed by atoms with Crippen molar-refractivity contribution in [3.63, 3.8) is 0 Å². The second kappa shape index (κ2) is 12.6. The van der Waals surface area contributed by atoms with Crippen molar-refractivity contribution in [3.05, 3.63) is 81.2 Å². The number of nitrogens with one attached hydrogen (secondary N) is 1. The number of methoxy groups -OCH3 is 1. The number of anilines is 3. The van der Waals surface area contributed by atoms with Gasteiger partial charge in [-0.3, -0.25) is 10.1 Å². The molecule has 11 nitrogen and oxygen atoms in total. The van der Waals surface area contributed by atoms with Gasteiger partial charge in [0, 0.05) is 12.1 Å². The standard InChI is InChI=1S/C28H24F4N4O7/c1-27(2,3)43-26(39)35(24-22(36(40)41)11-12-23(34-24)42-4)13-5-6-16-14-18(29)8-10-20(16)33-21-9-7-17(28(30,31)32)15-19(21)25(37)38/h7-12,14-15,33H,13H2,1-4H3,(H,37,38). The van der Waals surface area contributed by atoms with Gasteiger partial charge in [0.25, 0.3) is 0 Å².